The number of aryl methyl sites for hydroxylation is 1. The van der Waals surface area contributed by atoms with E-state index in [1.165, 1.54) is 6.08 Å². The van der Waals surface area contributed by atoms with Gasteiger partial charge >= 0.3 is 5.97 Å². The molecule has 6 nitrogen and oxygen atoms in total. The first kappa shape index (κ1) is 17.4. The van der Waals surface area contributed by atoms with E-state index in [-0.39, 0.29) is 17.3 Å². The quantitative estimate of drug-likeness (QED) is 0.512. The Labute approximate surface area is 143 Å². The highest BCUT2D eigenvalue weighted by atomic mass is 32.1. The van der Waals surface area contributed by atoms with E-state index in [9.17, 15) is 14.9 Å². The fourth-order valence-electron chi connectivity index (χ4n) is 1.86. The van der Waals surface area contributed by atoms with Crippen LogP contribution in [0.2, 0.25) is 0 Å². The van der Waals surface area contributed by atoms with Crippen LogP contribution in [0.25, 0.3) is 6.08 Å². The Kier molecular flexibility index (Phi) is 5.82. The van der Waals surface area contributed by atoms with Crippen molar-refractivity contribution in [3.63, 3.8) is 0 Å². The maximum atomic E-state index is 12.2. The minimum absolute atomic E-state index is 0.0493. The first-order valence-electron chi connectivity index (χ1n) is 7.18. The number of benzene rings is 1. The molecule has 0 aliphatic rings. The van der Waals surface area contributed by atoms with Crippen LogP contribution in [-0.4, -0.2) is 23.5 Å². The number of rotatable bonds is 5. The molecule has 0 aliphatic heterocycles. The van der Waals surface area contributed by atoms with Gasteiger partial charge in [0.1, 0.15) is 16.5 Å². The molecule has 0 atom stereocenters. The van der Waals surface area contributed by atoms with Crippen LogP contribution in [0.3, 0.4) is 0 Å². The van der Waals surface area contributed by atoms with Gasteiger partial charge in [-0.05, 0) is 25.5 Å². The van der Waals surface area contributed by atoms with Crippen molar-refractivity contribution in [2.24, 2.45) is 0 Å². The largest absolute Gasteiger partial charge is 0.462 e. The number of aromatic nitrogens is 1. The van der Waals surface area contributed by atoms with E-state index in [1.807, 2.05) is 24.3 Å². The third-order valence-corrected chi connectivity index (χ3v) is 4.01. The van der Waals surface area contributed by atoms with Gasteiger partial charge in [-0.15, -0.1) is 0 Å². The zero-order valence-electron chi connectivity index (χ0n) is 13.2. The molecular weight excluding hydrogens is 326 g/mol. The fraction of sp³-hybridized carbons (Fsp3) is 0.176. The SMILES string of the molecule is CCOC(=O)c1sc(NC(=O)/C(C#N)=C/c2ccccc2)nc1C. The van der Waals surface area contributed by atoms with Crippen LogP contribution >= 0.6 is 11.3 Å². The summed E-state index contributed by atoms with van der Waals surface area (Å²) in [6.07, 6.45) is 1.49. The third kappa shape index (κ3) is 4.27. The molecular formula is C17H15N3O3S. The van der Waals surface area contributed by atoms with Gasteiger partial charge in [-0.25, -0.2) is 9.78 Å². The number of thiazole rings is 1. The Morgan fingerprint density at radius 1 is 1.38 bits per heavy atom. The van der Waals surface area contributed by atoms with Gasteiger partial charge in [-0.3, -0.25) is 10.1 Å². The van der Waals surface area contributed by atoms with Crippen molar-refractivity contribution in [2.45, 2.75) is 13.8 Å². The first-order chi connectivity index (χ1) is 11.5. The Morgan fingerprint density at radius 3 is 2.71 bits per heavy atom. The van der Waals surface area contributed by atoms with Crippen LogP contribution in [-0.2, 0) is 9.53 Å². The number of nitriles is 1. The highest BCUT2D eigenvalue weighted by Crippen LogP contribution is 2.24. The van der Waals surface area contributed by atoms with Crippen LogP contribution in [0, 0.1) is 18.3 Å². The van der Waals surface area contributed by atoms with E-state index >= 15 is 0 Å². The second-order valence-corrected chi connectivity index (χ2v) is 5.69. The zero-order chi connectivity index (χ0) is 17.5. The van der Waals surface area contributed by atoms with Crippen molar-refractivity contribution < 1.29 is 14.3 Å². The molecule has 122 valence electrons. The van der Waals surface area contributed by atoms with Crippen LogP contribution in [0.5, 0.6) is 0 Å². The number of hydrogen-bond acceptors (Lipinski definition) is 6. The van der Waals surface area contributed by atoms with Gasteiger partial charge in [0.25, 0.3) is 5.91 Å². The molecule has 0 saturated carbocycles. The summed E-state index contributed by atoms with van der Waals surface area (Å²) < 4.78 is 4.93. The summed E-state index contributed by atoms with van der Waals surface area (Å²) in [5.41, 5.74) is 1.16. The summed E-state index contributed by atoms with van der Waals surface area (Å²) >= 11 is 1.02. The number of anilines is 1. The normalized spacial score (nSPS) is 10.8. The number of ether oxygens (including phenoxy) is 1. The molecule has 0 radical (unpaired) electrons. The molecule has 2 rings (SSSR count). The molecule has 0 aliphatic carbocycles. The number of nitrogens with one attached hydrogen (secondary N) is 1. The summed E-state index contributed by atoms with van der Waals surface area (Å²) in [4.78, 5) is 28.4. The number of carbonyl (C=O) groups is 2. The maximum absolute atomic E-state index is 12.2. The summed E-state index contributed by atoms with van der Waals surface area (Å²) in [6.45, 7) is 3.63. The number of esters is 1. The lowest BCUT2D eigenvalue weighted by Gasteiger charge is -2.00. The predicted octanol–water partition coefficient (Wildman–Crippen LogP) is 3.17. The topological polar surface area (TPSA) is 92.1 Å². The van der Waals surface area contributed by atoms with E-state index < -0.39 is 11.9 Å². The molecule has 0 fully saturated rings. The first-order valence-corrected chi connectivity index (χ1v) is 7.99. The molecule has 0 bridgehead atoms. The average Bonchev–Trinajstić information content (AvgIpc) is 2.94. The predicted molar refractivity (Wildman–Crippen MR) is 91.5 cm³/mol. The Balaban J connectivity index is 2.17. The fourth-order valence-corrected chi connectivity index (χ4v) is 2.72. The molecule has 1 amide bonds. The Morgan fingerprint density at radius 2 is 2.08 bits per heavy atom. The van der Waals surface area contributed by atoms with Gasteiger partial charge < -0.3 is 4.74 Å². The van der Waals surface area contributed by atoms with E-state index in [4.69, 9.17) is 4.74 Å². The highest BCUT2D eigenvalue weighted by molar-refractivity contribution is 7.17. The van der Waals surface area contributed by atoms with Crippen LogP contribution in [0.1, 0.15) is 27.9 Å². The maximum Gasteiger partial charge on any atom is 0.350 e. The molecule has 1 N–H and O–H groups in total. The summed E-state index contributed by atoms with van der Waals surface area (Å²) in [6, 6.07) is 10.9. The van der Waals surface area contributed by atoms with Gasteiger partial charge in [-0.2, -0.15) is 5.26 Å². The van der Waals surface area contributed by atoms with Crippen molar-refractivity contribution in [1.29, 1.82) is 5.26 Å². The minimum atomic E-state index is -0.578. The van der Waals surface area contributed by atoms with Gasteiger partial charge in [0.05, 0.1) is 12.3 Å². The second-order valence-electron chi connectivity index (χ2n) is 4.69. The molecule has 1 aromatic carbocycles. The van der Waals surface area contributed by atoms with E-state index in [1.54, 1.807) is 26.0 Å². The van der Waals surface area contributed by atoms with Gasteiger partial charge in [0.2, 0.25) is 0 Å². The molecule has 2 aromatic rings. The van der Waals surface area contributed by atoms with Gasteiger partial charge in [-0.1, -0.05) is 41.7 Å². The van der Waals surface area contributed by atoms with Crippen molar-refractivity contribution in [3.8, 4) is 6.07 Å². The van der Waals surface area contributed by atoms with Crippen molar-refractivity contribution in [2.75, 3.05) is 11.9 Å². The molecule has 1 heterocycles. The molecule has 7 heteroatoms. The summed E-state index contributed by atoms with van der Waals surface area (Å²) in [5, 5.41) is 12.0. The molecule has 24 heavy (non-hydrogen) atoms. The second kappa shape index (κ2) is 8.04. The van der Waals surface area contributed by atoms with Gasteiger partial charge in [0.15, 0.2) is 5.13 Å². The number of amides is 1. The monoisotopic (exact) mass is 341 g/mol. The molecule has 0 unspecified atom stereocenters. The van der Waals surface area contributed by atoms with E-state index in [2.05, 4.69) is 10.3 Å². The number of carbonyl (C=O) groups excluding carboxylic acids is 2. The number of hydrogen-bond donors (Lipinski definition) is 1. The Bertz CT molecular complexity index is 819. The lowest BCUT2D eigenvalue weighted by molar-refractivity contribution is -0.112. The average molecular weight is 341 g/mol. The Hall–Kier alpha value is -2.98. The van der Waals surface area contributed by atoms with E-state index in [0.29, 0.717) is 10.6 Å². The summed E-state index contributed by atoms with van der Waals surface area (Å²) in [7, 11) is 0. The van der Waals surface area contributed by atoms with E-state index in [0.717, 1.165) is 16.9 Å². The van der Waals surface area contributed by atoms with Gasteiger partial charge in [0, 0.05) is 0 Å². The third-order valence-electron chi connectivity index (χ3n) is 2.95. The van der Waals surface area contributed by atoms with Crippen molar-refractivity contribution >= 4 is 34.4 Å². The molecule has 0 spiro atoms. The van der Waals surface area contributed by atoms with Crippen LogP contribution in [0.15, 0.2) is 35.9 Å². The molecule has 1 aromatic heterocycles. The molecule has 0 saturated heterocycles. The smallest absolute Gasteiger partial charge is 0.350 e. The van der Waals surface area contributed by atoms with Crippen molar-refractivity contribution in [3.05, 3.63) is 52.0 Å². The zero-order valence-corrected chi connectivity index (χ0v) is 14.0. The number of nitrogens with zero attached hydrogens (tertiary/aromatic N) is 2. The van der Waals surface area contributed by atoms with Crippen molar-refractivity contribution in [1.82, 2.24) is 4.98 Å². The van der Waals surface area contributed by atoms with Crippen LogP contribution in [0.4, 0.5) is 5.13 Å². The lowest BCUT2D eigenvalue weighted by atomic mass is 10.1. The lowest BCUT2D eigenvalue weighted by Crippen LogP contribution is -2.13. The highest BCUT2D eigenvalue weighted by Gasteiger charge is 2.18. The standard InChI is InChI=1S/C17H15N3O3S/c1-3-23-16(22)14-11(2)19-17(24-14)20-15(21)13(10-18)9-12-7-5-4-6-8-12/h4-9H,3H2,1-2H3,(H,19,20,21)/b13-9+. The minimum Gasteiger partial charge on any atom is -0.462 e. The summed E-state index contributed by atoms with van der Waals surface area (Å²) in [5.74, 6) is -1.06. The van der Waals surface area contributed by atoms with Crippen LogP contribution < -0.4 is 5.32 Å².